The maximum absolute atomic E-state index is 12.3. The molecule has 3 rings (SSSR count). The van der Waals surface area contributed by atoms with E-state index >= 15 is 0 Å². The summed E-state index contributed by atoms with van der Waals surface area (Å²) in [6.07, 6.45) is 0.386. The zero-order valence-electron chi connectivity index (χ0n) is 14.6. The Bertz CT molecular complexity index is 961. The maximum Gasteiger partial charge on any atom is 0.354 e. The molecule has 2 aromatic carbocycles. The fourth-order valence-corrected chi connectivity index (χ4v) is 2.70. The summed E-state index contributed by atoms with van der Waals surface area (Å²) in [7, 11) is 0. The van der Waals surface area contributed by atoms with Gasteiger partial charge in [-0.1, -0.05) is 29.8 Å². The number of anilines is 1. The minimum absolute atomic E-state index is 0.0634. The van der Waals surface area contributed by atoms with E-state index in [1.807, 2.05) is 13.0 Å². The molecular formula is C20H16ClN3O3. The highest BCUT2D eigenvalue weighted by atomic mass is 35.5. The number of nitrogens with zero attached hydrogens (tertiary/aromatic N) is 3. The first-order valence-corrected chi connectivity index (χ1v) is 8.68. The number of carbonyl (C=O) groups excluding carboxylic acids is 2. The van der Waals surface area contributed by atoms with Crippen LogP contribution in [-0.2, 0) is 20.9 Å². The summed E-state index contributed by atoms with van der Waals surface area (Å²) < 4.78 is 5.29. The van der Waals surface area contributed by atoms with Gasteiger partial charge >= 0.3 is 5.97 Å². The van der Waals surface area contributed by atoms with Gasteiger partial charge in [-0.05, 0) is 42.3 Å². The Morgan fingerprint density at radius 2 is 2.00 bits per heavy atom. The van der Waals surface area contributed by atoms with Crippen LogP contribution in [0.4, 0.5) is 5.69 Å². The first-order chi connectivity index (χ1) is 13.0. The minimum atomic E-state index is -0.574. The van der Waals surface area contributed by atoms with Gasteiger partial charge in [0.05, 0.1) is 17.3 Å². The molecule has 0 bridgehead atoms. The van der Waals surface area contributed by atoms with E-state index in [0.717, 1.165) is 11.1 Å². The number of rotatable bonds is 4. The van der Waals surface area contributed by atoms with Crippen LogP contribution in [0.25, 0.3) is 0 Å². The molecule has 0 saturated heterocycles. The normalized spacial score (nSPS) is 13.7. The quantitative estimate of drug-likeness (QED) is 0.755. The van der Waals surface area contributed by atoms with E-state index in [0.29, 0.717) is 16.3 Å². The van der Waals surface area contributed by atoms with E-state index in [-0.39, 0.29) is 31.1 Å². The fourth-order valence-electron chi connectivity index (χ4n) is 2.52. The Morgan fingerprint density at radius 3 is 2.67 bits per heavy atom. The molecule has 1 heterocycles. The molecule has 0 aliphatic carbocycles. The van der Waals surface area contributed by atoms with E-state index in [1.165, 1.54) is 5.01 Å². The Morgan fingerprint density at radius 1 is 1.26 bits per heavy atom. The molecule has 0 N–H and O–H groups in total. The van der Waals surface area contributed by atoms with Crippen molar-refractivity contribution in [1.82, 2.24) is 0 Å². The third-order valence-corrected chi connectivity index (χ3v) is 4.53. The number of nitriles is 1. The monoisotopic (exact) mass is 381 g/mol. The second-order valence-corrected chi connectivity index (χ2v) is 6.48. The molecule has 0 radical (unpaired) electrons. The van der Waals surface area contributed by atoms with E-state index in [1.54, 1.807) is 42.5 Å². The SMILES string of the molecule is Cc1ccc(N2N=C(C(=O)OCc3ccc(C#N)cc3)CCC2=O)cc1Cl. The van der Waals surface area contributed by atoms with Crippen LogP contribution in [0.3, 0.4) is 0 Å². The summed E-state index contributed by atoms with van der Waals surface area (Å²) in [5.41, 5.74) is 2.87. The van der Waals surface area contributed by atoms with Gasteiger partial charge in [-0.15, -0.1) is 0 Å². The van der Waals surface area contributed by atoms with E-state index in [9.17, 15) is 9.59 Å². The topological polar surface area (TPSA) is 82.8 Å². The summed E-state index contributed by atoms with van der Waals surface area (Å²) in [6.45, 7) is 1.92. The molecule has 1 amide bonds. The summed E-state index contributed by atoms with van der Waals surface area (Å²) in [5, 5.41) is 14.7. The van der Waals surface area contributed by atoms with Gasteiger partial charge < -0.3 is 4.74 Å². The van der Waals surface area contributed by atoms with Crippen LogP contribution in [0.1, 0.15) is 29.5 Å². The number of hydrazone groups is 1. The summed E-state index contributed by atoms with van der Waals surface area (Å²) >= 11 is 6.12. The molecule has 2 aromatic rings. The molecule has 0 spiro atoms. The number of amides is 1. The number of aryl methyl sites for hydroxylation is 1. The van der Waals surface area contributed by atoms with Gasteiger partial charge in [-0.3, -0.25) is 4.79 Å². The van der Waals surface area contributed by atoms with Crippen molar-refractivity contribution in [1.29, 1.82) is 5.26 Å². The second-order valence-electron chi connectivity index (χ2n) is 6.07. The van der Waals surface area contributed by atoms with Crippen LogP contribution in [0.5, 0.6) is 0 Å². The third-order valence-electron chi connectivity index (χ3n) is 4.12. The Kier molecular flexibility index (Phi) is 5.53. The van der Waals surface area contributed by atoms with E-state index in [2.05, 4.69) is 5.10 Å². The van der Waals surface area contributed by atoms with Crippen molar-refractivity contribution in [2.75, 3.05) is 5.01 Å². The minimum Gasteiger partial charge on any atom is -0.456 e. The van der Waals surface area contributed by atoms with Crippen LogP contribution in [-0.4, -0.2) is 17.6 Å². The number of esters is 1. The molecule has 1 aliphatic heterocycles. The summed E-state index contributed by atoms with van der Waals surface area (Å²) in [6, 6.07) is 13.9. The molecule has 0 aromatic heterocycles. The van der Waals surface area contributed by atoms with Crippen LogP contribution < -0.4 is 5.01 Å². The lowest BCUT2D eigenvalue weighted by Crippen LogP contribution is -2.34. The van der Waals surface area contributed by atoms with Gasteiger partial charge in [0.1, 0.15) is 12.3 Å². The van der Waals surface area contributed by atoms with Crippen molar-refractivity contribution in [2.24, 2.45) is 5.10 Å². The molecule has 6 nitrogen and oxygen atoms in total. The zero-order chi connectivity index (χ0) is 19.4. The Labute approximate surface area is 161 Å². The van der Waals surface area contributed by atoms with Gasteiger partial charge in [0.15, 0.2) is 0 Å². The van der Waals surface area contributed by atoms with Gasteiger partial charge in [0.2, 0.25) is 5.91 Å². The molecular weight excluding hydrogens is 366 g/mol. The lowest BCUT2D eigenvalue weighted by Gasteiger charge is -2.23. The molecule has 0 fully saturated rings. The van der Waals surface area contributed by atoms with Gasteiger partial charge in [0, 0.05) is 17.9 Å². The lowest BCUT2D eigenvalue weighted by atomic mass is 10.1. The first-order valence-electron chi connectivity index (χ1n) is 8.30. The van der Waals surface area contributed by atoms with Gasteiger partial charge in [-0.25, -0.2) is 9.80 Å². The highest BCUT2D eigenvalue weighted by Gasteiger charge is 2.26. The van der Waals surface area contributed by atoms with E-state index < -0.39 is 5.97 Å². The summed E-state index contributed by atoms with van der Waals surface area (Å²) in [4.78, 5) is 24.5. The summed E-state index contributed by atoms with van der Waals surface area (Å²) in [5.74, 6) is -0.784. The molecule has 27 heavy (non-hydrogen) atoms. The van der Waals surface area contributed by atoms with Gasteiger partial charge in [-0.2, -0.15) is 10.4 Å². The van der Waals surface area contributed by atoms with Crippen molar-refractivity contribution in [3.8, 4) is 6.07 Å². The highest BCUT2D eigenvalue weighted by Crippen LogP contribution is 2.26. The second kappa shape index (κ2) is 8.02. The predicted octanol–water partition coefficient (Wildman–Crippen LogP) is 3.75. The number of hydrogen-bond donors (Lipinski definition) is 0. The lowest BCUT2D eigenvalue weighted by molar-refractivity contribution is -0.137. The average molecular weight is 382 g/mol. The van der Waals surface area contributed by atoms with Crippen LogP contribution >= 0.6 is 11.6 Å². The van der Waals surface area contributed by atoms with Crippen molar-refractivity contribution >= 4 is 34.9 Å². The standard InChI is InChI=1S/C20H16ClN3O3/c1-13-2-7-16(10-17(13)21)24-19(25)9-8-18(23-24)20(26)27-12-15-5-3-14(11-22)4-6-15/h2-7,10H,8-9,12H2,1H3. The maximum atomic E-state index is 12.3. The number of halogens is 1. The zero-order valence-corrected chi connectivity index (χ0v) is 15.4. The molecule has 7 heteroatoms. The van der Waals surface area contributed by atoms with Crippen LogP contribution in [0.2, 0.25) is 5.02 Å². The van der Waals surface area contributed by atoms with Crippen LogP contribution in [0.15, 0.2) is 47.6 Å². The fraction of sp³-hybridized carbons (Fsp3) is 0.200. The van der Waals surface area contributed by atoms with Crippen molar-refractivity contribution < 1.29 is 14.3 Å². The number of carbonyl (C=O) groups is 2. The largest absolute Gasteiger partial charge is 0.456 e. The Balaban J connectivity index is 1.72. The third kappa shape index (κ3) is 4.33. The molecule has 1 aliphatic rings. The van der Waals surface area contributed by atoms with Gasteiger partial charge in [0.25, 0.3) is 0 Å². The van der Waals surface area contributed by atoms with Crippen molar-refractivity contribution in [2.45, 2.75) is 26.4 Å². The highest BCUT2D eigenvalue weighted by molar-refractivity contribution is 6.38. The Hall–Kier alpha value is -3.17. The van der Waals surface area contributed by atoms with Crippen molar-refractivity contribution in [3.63, 3.8) is 0 Å². The van der Waals surface area contributed by atoms with Crippen molar-refractivity contribution in [3.05, 3.63) is 64.2 Å². The molecule has 0 unspecified atom stereocenters. The van der Waals surface area contributed by atoms with E-state index in [4.69, 9.17) is 21.6 Å². The van der Waals surface area contributed by atoms with Crippen LogP contribution in [0, 0.1) is 18.3 Å². The smallest absolute Gasteiger partial charge is 0.354 e. The molecule has 136 valence electrons. The molecule has 0 atom stereocenters. The first kappa shape index (κ1) is 18.6. The molecule has 0 saturated carbocycles. The predicted molar refractivity (Wildman–Crippen MR) is 101 cm³/mol. The number of ether oxygens (including phenoxy) is 1. The number of benzene rings is 2. The number of hydrogen-bond acceptors (Lipinski definition) is 5. The average Bonchev–Trinajstić information content (AvgIpc) is 2.69.